The van der Waals surface area contributed by atoms with Gasteiger partial charge in [-0.3, -0.25) is 9.88 Å². The number of urea groups is 1. The van der Waals surface area contributed by atoms with Crippen LogP contribution in [0.15, 0.2) is 60.8 Å². The molecular weight excluding hydrogens is 326 g/mol. The number of nitrogens with zero attached hydrogens (tertiary/aromatic N) is 2. The molecule has 4 rings (SSSR count). The summed E-state index contributed by atoms with van der Waals surface area (Å²) in [4.78, 5) is 18.7. The Bertz CT molecular complexity index is 941. The van der Waals surface area contributed by atoms with Crippen molar-refractivity contribution in [3.63, 3.8) is 0 Å². The van der Waals surface area contributed by atoms with E-state index < -0.39 is 0 Å². The van der Waals surface area contributed by atoms with Gasteiger partial charge in [-0.25, -0.2) is 4.79 Å². The van der Waals surface area contributed by atoms with E-state index in [9.17, 15) is 4.79 Å². The molecule has 1 atom stereocenters. The van der Waals surface area contributed by atoms with E-state index in [-0.39, 0.29) is 12.1 Å². The maximum absolute atomic E-state index is 12.6. The summed E-state index contributed by atoms with van der Waals surface area (Å²) in [5.74, 6) is 0.777. The van der Waals surface area contributed by atoms with Gasteiger partial charge in [0.05, 0.1) is 12.1 Å². The van der Waals surface area contributed by atoms with Crippen LogP contribution < -0.4 is 15.0 Å². The molecule has 0 fully saturated rings. The Kier molecular flexibility index (Phi) is 4.44. The number of hydrogen-bond donors (Lipinski definition) is 1. The van der Waals surface area contributed by atoms with Crippen molar-refractivity contribution in [1.29, 1.82) is 0 Å². The highest BCUT2D eigenvalue weighted by Crippen LogP contribution is 2.31. The summed E-state index contributed by atoms with van der Waals surface area (Å²) < 4.78 is 5.76. The number of benzene rings is 2. The summed E-state index contributed by atoms with van der Waals surface area (Å²) in [5, 5.41) is 3.99. The second-order valence-corrected chi connectivity index (χ2v) is 6.49. The zero-order chi connectivity index (χ0) is 17.9. The van der Waals surface area contributed by atoms with Crippen molar-refractivity contribution in [2.24, 2.45) is 0 Å². The molecule has 2 heterocycles. The van der Waals surface area contributed by atoms with Gasteiger partial charge < -0.3 is 10.1 Å². The molecule has 0 saturated carbocycles. The largest absolute Gasteiger partial charge is 0.492 e. The first-order valence-electron chi connectivity index (χ1n) is 8.85. The zero-order valence-corrected chi connectivity index (χ0v) is 14.7. The number of ether oxygens (including phenoxy) is 1. The van der Waals surface area contributed by atoms with Crippen LogP contribution in [0.5, 0.6) is 5.75 Å². The number of anilines is 1. The number of amides is 2. The summed E-state index contributed by atoms with van der Waals surface area (Å²) in [6.45, 7) is 2.94. The third-order valence-corrected chi connectivity index (χ3v) is 4.65. The van der Waals surface area contributed by atoms with Gasteiger partial charge in [0, 0.05) is 23.3 Å². The lowest BCUT2D eigenvalue weighted by atomic mass is 10.1. The molecule has 0 saturated heterocycles. The lowest BCUT2D eigenvalue weighted by molar-refractivity contribution is 0.240. The molecule has 3 aromatic rings. The van der Waals surface area contributed by atoms with Crippen molar-refractivity contribution < 1.29 is 9.53 Å². The molecule has 1 aliphatic rings. The third kappa shape index (κ3) is 3.20. The Hall–Kier alpha value is -3.08. The molecule has 0 bridgehead atoms. The predicted octanol–water partition coefficient (Wildman–Crippen LogP) is 3.77. The summed E-state index contributed by atoms with van der Waals surface area (Å²) in [6.07, 6.45) is 2.67. The number of carbonyl (C=O) groups is 1. The minimum absolute atomic E-state index is 0.0752. The first-order chi connectivity index (χ1) is 12.7. The van der Waals surface area contributed by atoms with Crippen molar-refractivity contribution in [3.8, 4) is 5.75 Å². The van der Waals surface area contributed by atoms with E-state index in [2.05, 4.69) is 23.3 Å². The average Bonchev–Trinajstić information content (AvgIpc) is 3.00. The third-order valence-electron chi connectivity index (χ3n) is 4.65. The fourth-order valence-corrected chi connectivity index (χ4v) is 3.43. The topological polar surface area (TPSA) is 54.5 Å². The lowest BCUT2D eigenvalue weighted by Gasteiger charge is -2.23. The lowest BCUT2D eigenvalue weighted by Crippen LogP contribution is -2.44. The molecular formula is C21H21N3O2. The first kappa shape index (κ1) is 16.4. The van der Waals surface area contributed by atoms with Gasteiger partial charge in [0.15, 0.2) is 0 Å². The molecule has 1 unspecified atom stereocenters. The van der Waals surface area contributed by atoms with E-state index in [1.807, 2.05) is 53.4 Å². The molecule has 0 aliphatic carbocycles. The van der Waals surface area contributed by atoms with Gasteiger partial charge in [0.1, 0.15) is 12.4 Å². The maximum Gasteiger partial charge on any atom is 0.322 e. The number of para-hydroxylation sites is 1. The number of fused-ring (bicyclic) bond motifs is 2. The van der Waals surface area contributed by atoms with E-state index in [0.29, 0.717) is 13.2 Å². The molecule has 1 N–H and O–H groups in total. The first-order valence-corrected chi connectivity index (χ1v) is 8.85. The number of aromatic nitrogens is 1. The van der Waals surface area contributed by atoms with Gasteiger partial charge in [-0.2, -0.15) is 0 Å². The molecule has 0 radical (unpaired) electrons. The highest BCUT2D eigenvalue weighted by atomic mass is 16.5. The van der Waals surface area contributed by atoms with Gasteiger partial charge in [-0.05, 0) is 49.2 Å². The van der Waals surface area contributed by atoms with Crippen molar-refractivity contribution >= 4 is 22.6 Å². The predicted molar refractivity (Wildman–Crippen MR) is 103 cm³/mol. The molecule has 132 valence electrons. The highest BCUT2D eigenvalue weighted by Gasteiger charge is 2.30. The number of rotatable bonds is 4. The number of nitrogens with one attached hydrogen (secondary N) is 1. The highest BCUT2D eigenvalue weighted by molar-refractivity contribution is 5.94. The summed E-state index contributed by atoms with van der Waals surface area (Å²) in [6, 6.07) is 17.9. The van der Waals surface area contributed by atoms with Crippen molar-refractivity contribution in [2.75, 3.05) is 18.1 Å². The monoisotopic (exact) mass is 347 g/mol. The van der Waals surface area contributed by atoms with Crippen LogP contribution >= 0.6 is 0 Å². The van der Waals surface area contributed by atoms with Crippen LogP contribution in [0.3, 0.4) is 0 Å². The number of carbonyl (C=O) groups excluding carboxylic acids is 1. The van der Waals surface area contributed by atoms with Gasteiger partial charge in [-0.1, -0.05) is 24.3 Å². The quantitative estimate of drug-likeness (QED) is 0.731. The van der Waals surface area contributed by atoms with E-state index in [0.717, 1.165) is 28.8 Å². The Morgan fingerprint density at radius 2 is 2.12 bits per heavy atom. The summed E-state index contributed by atoms with van der Waals surface area (Å²) in [5.41, 5.74) is 3.16. The van der Waals surface area contributed by atoms with E-state index in [1.54, 1.807) is 6.20 Å². The van der Waals surface area contributed by atoms with Crippen LogP contribution in [0.4, 0.5) is 10.5 Å². The molecule has 1 aromatic heterocycles. The van der Waals surface area contributed by atoms with Gasteiger partial charge in [0.25, 0.3) is 0 Å². The average molecular weight is 347 g/mol. The maximum atomic E-state index is 12.6. The summed E-state index contributed by atoms with van der Waals surface area (Å²) >= 11 is 0. The second kappa shape index (κ2) is 7.04. The van der Waals surface area contributed by atoms with E-state index in [1.165, 1.54) is 5.56 Å². The minimum Gasteiger partial charge on any atom is -0.492 e. The van der Waals surface area contributed by atoms with E-state index in [4.69, 9.17) is 4.74 Å². The number of pyridine rings is 1. The van der Waals surface area contributed by atoms with Crippen molar-refractivity contribution in [3.05, 3.63) is 66.4 Å². The normalized spacial score (nSPS) is 15.7. The molecule has 5 heteroatoms. The molecule has 5 nitrogen and oxygen atoms in total. The van der Waals surface area contributed by atoms with Crippen LogP contribution in [0.2, 0.25) is 0 Å². The molecule has 1 aliphatic heterocycles. The van der Waals surface area contributed by atoms with Crippen molar-refractivity contribution in [2.45, 2.75) is 19.4 Å². The SMILES string of the molecule is CC1Cc2ccccc2N1C(=O)NCCOc1ccc2ncccc2c1. The Morgan fingerprint density at radius 3 is 3.04 bits per heavy atom. The smallest absolute Gasteiger partial charge is 0.322 e. The fourth-order valence-electron chi connectivity index (χ4n) is 3.43. The van der Waals surface area contributed by atoms with Crippen LogP contribution in [0, 0.1) is 0 Å². The minimum atomic E-state index is -0.0752. The fraction of sp³-hybridized carbons (Fsp3) is 0.238. The standard InChI is InChI=1S/C21H21N3O2/c1-15-13-17-5-2-3-7-20(17)24(15)21(25)23-11-12-26-18-8-9-19-16(14-18)6-4-10-22-19/h2-10,14-15H,11-13H2,1H3,(H,23,25). The van der Waals surface area contributed by atoms with Gasteiger partial charge >= 0.3 is 6.03 Å². The summed E-state index contributed by atoms with van der Waals surface area (Å²) in [7, 11) is 0. The van der Waals surface area contributed by atoms with Crippen LogP contribution in [-0.4, -0.2) is 30.2 Å². The molecule has 0 spiro atoms. The van der Waals surface area contributed by atoms with Crippen LogP contribution in [0.1, 0.15) is 12.5 Å². The Balaban J connectivity index is 1.32. The molecule has 2 amide bonds. The Labute approximate surface area is 152 Å². The van der Waals surface area contributed by atoms with Gasteiger partial charge in [0.2, 0.25) is 0 Å². The molecule has 26 heavy (non-hydrogen) atoms. The Morgan fingerprint density at radius 1 is 1.23 bits per heavy atom. The second-order valence-electron chi connectivity index (χ2n) is 6.49. The van der Waals surface area contributed by atoms with E-state index >= 15 is 0 Å². The zero-order valence-electron chi connectivity index (χ0n) is 14.7. The van der Waals surface area contributed by atoms with Crippen LogP contribution in [-0.2, 0) is 6.42 Å². The number of hydrogen-bond acceptors (Lipinski definition) is 3. The molecule has 2 aromatic carbocycles. The van der Waals surface area contributed by atoms with Crippen molar-refractivity contribution in [1.82, 2.24) is 10.3 Å². The van der Waals surface area contributed by atoms with Gasteiger partial charge in [-0.15, -0.1) is 0 Å². The van der Waals surface area contributed by atoms with Crippen LogP contribution in [0.25, 0.3) is 10.9 Å².